The summed E-state index contributed by atoms with van der Waals surface area (Å²) in [6.07, 6.45) is 1.83. The first-order chi connectivity index (χ1) is 4.47. The molecule has 2 aliphatic rings. The van der Waals surface area contributed by atoms with Gasteiger partial charge >= 0.3 is 0 Å². The molecule has 0 fully saturated rings. The van der Waals surface area contributed by atoms with Crippen LogP contribution in [0.2, 0.25) is 0 Å². The molecule has 0 amide bonds. The van der Waals surface area contributed by atoms with Crippen LogP contribution in [0.15, 0.2) is 29.8 Å². The van der Waals surface area contributed by atoms with Crippen molar-refractivity contribution in [3.8, 4) is 10.6 Å². The summed E-state index contributed by atoms with van der Waals surface area (Å²) in [5, 5.41) is 3.16. The smallest absolute Gasteiger partial charge is 0.123 e. The van der Waals surface area contributed by atoms with Gasteiger partial charge < -0.3 is 0 Å². The van der Waals surface area contributed by atoms with Gasteiger partial charge in [0.25, 0.3) is 0 Å². The molecule has 0 saturated carbocycles. The number of hydrogen-bond acceptors (Lipinski definition) is 2. The van der Waals surface area contributed by atoms with E-state index in [9.17, 15) is 0 Å². The average molecular weight is 135 g/mol. The van der Waals surface area contributed by atoms with Gasteiger partial charge in [-0.15, -0.1) is 11.3 Å². The zero-order valence-electron chi connectivity index (χ0n) is 4.74. The summed E-state index contributed by atoms with van der Waals surface area (Å²) in [7, 11) is 0. The van der Waals surface area contributed by atoms with Crippen molar-refractivity contribution < 1.29 is 0 Å². The van der Waals surface area contributed by atoms with Crippen molar-refractivity contribution >= 4 is 11.3 Å². The predicted molar refractivity (Wildman–Crippen MR) is 38.7 cm³/mol. The van der Waals surface area contributed by atoms with Crippen LogP contribution in [0.3, 0.4) is 0 Å². The molecule has 0 bridgehead atoms. The number of nitrogens with zero attached hydrogens (tertiary/aromatic N) is 1. The maximum Gasteiger partial charge on any atom is 0.123 e. The lowest BCUT2D eigenvalue weighted by atomic mass is 10.3. The highest BCUT2D eigenvalue weighted by atomic mass is 32.1. The Balaban J connectivity index is 2.79. The van der Waals surface area contributed by atoms with E-state index in [4.69, 9.17) is 0 Å². The molecule has 2 heteroatoms. The predicted octanol–water partition coefficient (Wildman–Crippen LogP) is 2.25. The van der Waals surface area contributed by atoms with Gasteiger partial charge in [0.2, 0.25) is 0 Å². The van der Waals surface area contributed by atoms with E-state index in [1.54, 1.807) is 11.3 Å². The van der Waals surface area contributed by atoms with E-state index in [1.807, 2.05) is 23.7 Å². The van der Waals surface area contributed by atoms with Gasteiger partial charge in [-0.05, 0) is 11.4 Å². The molecule has 0 radical (unpaired) electrons. The summed E-state index contributed by atoms with van der Waals surface area (Å²) >= 11 is 1.67. The molecule has 0 spiro atoms. The topological polar surface area (TPSA) is 12.9 Å². The first-order valence-corrected chi connectivity index (χ1v) is 3.63. The first kappa shape index (κ1) is 4.94. The van der Waals surface area contributed by atoms with Crippen molar-refractivity contribution in [2.75, 3.05) is 0 Å². The Kier molecular flexibility index (Phi) is 0.993. The van der Waals surface area contributed by atoms with Crippen molar-refractivity contribution in [2.24, 2.45) is 0 Å². The molecular weight excluding hydrogens is 130 g/mol. The molecule has 0 aromatic carbocycles. The van der Waals surface area contributed by atoms with Crippen molar-refractivity contribution in [2.45, 2.75) is 0 Å². The number of fused-ring (bicyclic) bond motifs is 1. The Morgan fingerprint density at radius 2 is 2.33 bits per heavy atom. The molecule has 2 rings (SSSR count). The SMILES string of the molecule is c1csc2nccc-2c1. The van der Waals surface area contributed by atoms with Crippen molar-refractivity contribution in [1.29, 1.82) is 0 Å². The number of hydrogen-bond donors (Lipinski definition) is 0. The molecule has 0 aromatic heterocycles. The molecule has 2 heterocycles. The van der Waals surface area contributed by atoms with E-state index >= 15 is 0 Å². The lowest BCUT2D eigenvalue weighted by molar-refractivity contribution is 1.46. The van der Waals surface area contributed by atoms with E-state index < -0.39 is 0 Å². The van der Waals surface area contributed by atoms with Crippen LogP contribution in [0, 0.1) is 0 Å². The Morgan fingerprint density at radius 1 is 1.33 bits per heavy atom. The standard InChI is InChI=1S/C7H5NS/c1-2-6-3-4-8-7(6)9-5-1/h1-5H. The largest absolute Gasteiger partial charge is 0.245 e. The third kappa shape index (κ3) is 0.715. The van der Waals surface area contributed by atoms with Crippen LogP contribution in [0.25, 0.3) is 10.6 Å². The van der Waals surface area contributed by atoms with E-state index in [2.05, 4.69) is 11.1 Å². The molecule has 2 aliphatic heterocycles. The average Bonchev–Trinajstić information content (AvgIpc) is 2.33. The second-order valence-electron chi connectivity index (χ2n) is 1.82. The van der Waals surface area contributed by atoms with Crippen LogP contribution in [-0.4, -0.2) is 4.98 Å². The van der Waals surface area contributed by atoms with Gasteiger partial charge in [-0.25, -0.2) is 4.98 Å². The van der Waals surface area contributed by atoms with E-state index in [-0.39, 0.29) is 0 Å². The van der Waals surface area contributed by atoms with Gasteiger partial charge in [-0.1, -0.05) is 12.1 Å². The number of aromatic nitrogens is 1. The molecule has 0 unspecified atom stereocenters. The lowest BCUT2D eigenvalue weighted by Gasteiger charge is -1.89. The minimum atomic E-state index is 1.12. The summed E-state index contributed by atoms with van der Waals surface area (Å²) in [5.74, 6) is 0. The lowest BCUT2D eigenvalue weighted by Crippen LogP contribution is -1.66. The summed E-state index contributed by atoms with van der Waals surface area (Å²) in [6.45, 7) is 0. The maximum atomic E-state index is 4.14. The Hall–Kier alpha value is -0.890. The monoisotopic (exact) mass is 135 g/mol. The Morgan fingerprint density at radius 3 is 3.22 bits per heavy atom. The van der Waals surface area contributed by atoms with Crippen LogP contribution in [0.4, 0.5) is 0 Å². The molecule has 0 saturated heterocycles. The zero-order chi connectivity index (χ0) is 6.10. The van der Waals surface area contributed by atoms with Crippen LogP contribution < -0.4 is 0 Å². The second kappa shape index (κ2) is 1.81. The fraction of sp³-hybridized carbons (Fsp3) is 0. The van der Waals surface area contributed by atoms with Crippen LogP contribution in [-0.2, 0) is 0 Å². The molecule has 1 nitrogen and oxygen atoms in total. The summed E-state index contributed by atoms with van der Waals surface area (Å²) in [5.41, 5.74) is 1.24. The molecule has 44 valence electrons. The van der Waals surface area contributed by atoms with E-state index in [0.29, 0.717) is 0 Å². The highest BCUT2D eigenvalue weighted by Crippen LogP contribution is 2.22. The third-order valence-corrected chi connectivity index (χ3v) is 2.08. The third-order valence-electron chi connectivity index (χ3n) is 1.23. The fourth-order valence-electron chi connectivity index (χ4n) is 0.803. The highest BCUT2D eigenvalue weighted by molar-refractivity contribution is 7.12. The van der Waals surface area contributed by atoms with Crippen LogP contribution >= 0.6 is 11.3 Å². The van der Waals surface area contributed by atoms with Gasteiger partial charge in [-0.2, -0.15) is 0 Å². The first-order valence-electron chi connectivity index (χ1n) is 2.75. The van der Waals surface area contributed by atoms with Gasteiger partial charge in [0.15, 0.2) is 0 Å². The van der Waals surface area contributed by atoms with Gasteiger partial charge in [0.05, 0.1) is 0 Å². The van der Waals surface area contributed by atoms with Gasteiger partial charge in [0.1, 0.15) is 5.01 Å². The van der Waals surface area contributed by atoms with Crippen LogP contribution in [0.5, 0.6) is 0 Å². The highest BCUT2D eigenvalue weighted by Gasteiger charge is 1.98. The quantitative estimate of drug-likeness (QED) is 0.540. The summed E-state index contributed by atoms with van der Waals surface area (Å²) in [6, 6.07) is 6.12. The van der Waals surface area contributed by atoms with E-state index in [1.165, 1.54) is 5.56 Å². The van der Waals surface area contributed by atoms with Crippen molar-refractivity contribution in [3.63, 3.8) is 0 Å². The molecule has 0 N–H and O–H groups in total. The fourth-order valence-corrected chi connectivity index (χ4v) is 1.48. The van der Waals surface area contributed by atoms with Gasteiger partial charge in [0, 0.05) is 11.8 Å². The van der Waals surface area contributed by atoms with Gasteiger partial charge in [-0.3, -0.25) is 0 Å². The molecule has 0 aromatic rings. The Labute approximate surface area is 57.3 Å². The second-order valence-corrected chi connectivity index (χ2v) is 2.71. The molecule has 0 aliphatic carbocycles. The van der Waals surface area contributed by atoms with Crippen molar-refractivity contribution in [1.82, 2.24) is 4.98 Å². The molecular formula is C7H5NS. The minimum absolute atomic E-state index is 1.12. The summed E-state index contributed by atoms with van der Waals surface area (Å²) < 4.78 is 0. The normalized spacial score (nSPS) is 10.2. The maximum absolute atomic E-state index is 4.14. The zero-order valence-corrected chi connectivity index (χ0v) is 5.56. The van der Waals surface area contributed by atoms with Crippen molar-refractivity contribution in [3.05, 3.63) is 29.8 Å². The van der Waals surface area contributed by atoms with E-state index in [0.717, 1.165) is 5.01 Å². The summed E-state index contributed by atoms with van der Waals surface area (Å²) in [4.78, 5) is 4.14. The minimum Gasteiger partial charge on any atom is -0.245 e. The number of rotatable bonds is 0. The Bertz CT molecular complexity index is 249. The molecule has 0 atom stereocenters. The molecule has 9 heavy (non-hydrogen) atoms. The van der Waals surface area contributed by atoms with Crippen LogP contribution in [0.1, 0.15) is 0 Å².